The van der Waals surface area contributed by atoms with E-state index < -0.39 is 5.97 Å². The van der Waals surface area contributed by atoms with Crippen LogP contribution >= 0.6 is 11.6 Å². The maximum Gasteiger partial charge on any atom is 0.344 e. The van der Waals surface area contributed by atoms with Crippen LogP contribution in [0.15, 0.2) is 36.4 Å². The maximum absolute atomic E-state index is 12.4. The Labute approximate surface area is 174 Å². The van der Waals surface area contributed by atoms with Gasteiger partial charge in [-0.1, -0.05) is 11.6 Å². The van der Waals surface area contributed by atoms with Crippen molar-refractivity contribution >= 4 is 23.5 Å². The molecule has 1 amide bonds. The fourth-order valence-corrected chi connectivity index (χ4v) is 3.17. The predicted octanol–water partition coefficient (Wildman–Crippen LogP) is 2.86. The number of fused-ring (bicyclic) bond motifs is 1. The van der Waals surface area contributed by atoms with E-state index in [4.69, 9.17) is 30.5 Å². The predicted molar refractivity (Wildman–Crippen MR) is 107 cm³/mol. The van der Waals surface area contributed by atoms with Gasteiger partial charge in [0, 0.05) is 18.1 Å². The molecule has 0 bridgehead atoms. The van der Waals surface area contributed by atoms with Crippen molar-refractivity contribution < 1.29 is 28.5 Å². The van der Waals surface area contributed by atoms with Crippen molar-refractivity contribution in [1.82, 2.24) is 4.90 Å². The first-order chi connectivity index (χ1) is 14.0. The molecule has 0 spiro atoms. The molecule has 2 aromatic rings. The van der Waals surface area contributed by atoms with Crippen molar-refractivity contribution in [1.29, 1.82) is 0 Å². The zero-order chi connectivity index (χ0) is 20.8. The molecule has 2 aromatic carbocycles. The summed E-state index contributed by atoms with van der Waals surface area (Å²) in [5.41, 5.74) is 2.10. The molecule has 3 rings (SSSR count). The Bertz CT molecular complexity index is 883. The second-order valence-electron chi connectivity index (χ2n) is 6.44. The molecule has 29 heavy (non-hydrogen) atoms. The number of rotatable bonds is 7. The summed E-state index contributed by atoms with van der Waals surface area (Å²) in [7, 11) is 3.16. The molecule has 0 saturated carbocycles. The van der Waals surface area contributed by atoms with E-state index in [0.717, 1.165) is 11.1 Å². The molecular formula is C21H22ClNO6. The lowest BCUT2D eigenvalue weighted by atomic mass is 9.99. The minimum Gasteiger partial charge on any atom is -0.493 e. The molecule has 0 aromatic heterocycles. The minimum atomic E-state index is -0.614. The zero-order valence-corrected chi connectivity index (χ0v) is 17.0. The van der Waals surface area contributed by atoms with Gasteiger partial charge in [0.25, 0.3) is 5.91 Å². The number of hydrogen-bond acceptors (Lipinski definition) is 6. The number of esters is 1. The van der Waals surface area contributed by atoms with E-state index in [1.807, 2.05) is 12.1 Å². The van der Waals surface area contributed by atoms with Crippen LogP contribution in [-0.2, 0) is 27.3 Å². The normalized spacial score (nSPS) is 12.7. The summed E-state index contributed by atoms with van der Waals surface area (Å²) < 4.78 is 21.0. The van der Waals surface area contributed by atoms with E-state index in [0.29, 0.717) is 41.8 Å². The van der Waals surface area contributed by atoms with Crippen LogP contribution in [0, 0.1) is 0 Å². The highest BCUT2D eigenvalue weighted by Gasteiger charge is 2.23. The Hall–Kier alpha value is -2.93. The number of carbonyl (C=O) groups is 2. The fourth-order valence-electron chi connectivity index (χ4n) is 3.04. The van der Waals surface area contributed by atoms with Gasteiger partial charge in [-0.3, -0.25) is 4.79 Å². The van der Waals surface area contributed by atoms with E-state index in [1.54, 1.807) is 43.4 Å². The minimum absolute atomic E-state index is 0.259. The fraction of sp³-hybridized carbons (Fsp3) is 0.333. The number of nitrogens with zero attached hydrogens (tertiary/aromatic N) is 1. The second-order valence-corrected chi connectivity index (χ2v) is 6.88. The summed E-state index contributed by atoms with van der Waals surface area (Å²) in [5, 5.41) is 0.574. The third-order valence-electron chi connectivity index (χ3n) is 4.60. The highest BCUT2D eigenvalue weighted by Crippen LogP contribution is 2.33. The van der Waals surface area contributed by atoms with Crippen molar-refractivity contribution in [3.05, 3.63) is 52.5 Å². The molecule has 0 radical (unpaired) electrons. The number of benzene rings is 2. The van der Waals surface area contributed by atoms with Crippen molar-refractivity contribution in [2.24, 2.45) is 0 Å². The van der Waals surface area contributed by atoms with Crippen LogP contribution in [-0.4, -0.2) is 50.8 Å². The lowest BCUT2D eigenvalue weighted by molar-refractivity contribution is -0.154. The number of ether oxygens (including phenoxy) is 4. The van der Waals surface area contributed by atoms with Gasteiger partial charge in [-0.2, -0.15) is 0 Å². The molecule has 0 fully saturated rings. The Kier molecular flexibility index (Phi) is 6.82. The van der Waals surface area contributed by atoms with Gasteiger partial charge in [0.1, 0.15) is 5.75 Å². The number of hydrogen-bond donors (Lipinski definition) is 0. The molecule has 1 heterocycles. The summed E-state index contributed by atoms with van der Waals surface area (Å²) in [6, 6.07) is 10.4. The van der Waals surface area contributed by atoms with Crippen LogP contribution in [0.2, 0.25) is 5.02 Å². The van der Waals surface area contributed by atoms with Crippen LogP contribution < -0.4 is 14.2 Å². The van der Waals surface area contributed by atoms with Crippen molar-refractivity contribution in [2.75, 3.05) is 34.0 Å². The molecule has 0 saturated heterocycles. The number of amides is 1. The van der Waals surface area contributed by atoms with Gasteiger partial charge < -0.3 is 23.8 Å². The topological polar surface area (TPSA) is 74.3 Å². The molecule has 0 atom stereocenters. The van der Waals surface area contributed by atoms with Gasteiger partial charge in [0.05, 0.1) is 14.2 Å². The Balaban J connectivity index is 1.50. The standard InChI is InChI=1S/C21H22ClNO6/c1-26-18-9-14-7-8-23(11-15(14)10-19(18)27-2)20(24)12-29-21(25)13-28-17-5-3-16(22)4-6-17/h3-6,9-10H,7-8,11-13H2,1-2H3. The van der Waals surface area contributed by atoms with Gasteiger partial charge in [0.15, 0.2) is 24.7 Å². The van der Waals surface area contributed by atoms with E-state index in [1.165, 1.54) is 0 Å². The highest BCUT2D eigenvalue weighted by molar-refractivity contribution is 6.30. The van der Waals surface area contributed by atoms with Crippen molar-refractivity contribution in [2.45, 2.75) is 13.0 Å². The molecule has 0 unspecified atom stereocenters. The van der Waals surface area contributed by atoms with Crippen LogP contribution in [0.25, 0.3) is 0 Å². The van der Waals surface area contributed by atoms with E-state index >= 15 is 0 Å². The van der Waals surface area contributed by atoms with Crippen LogP contribution in [0.3, 0.4) is 0 Å². The quantitative estimate of drug-likeness (QED) is 0.642. The first-order valence-electron chi connectivity index (χ1n) is 9.05. The molecule has 1 aliphatic heterocycles. The summed E-state index contributed by atoms with van der Waals surface area (Å²) in [6.07, 6.45) is 0.690. The van der Waals surface area contributed by atoms with Gasteiger partial charge >= 0.3 is 5.97 Å². The number of halogens is 1. The molecule has 7 nitrogen and oxygen atoms in total. The third-order valence-corrected chi connectivity index (χ3v) is 4.85. The molecule has 1 aliphatic rings. The van der Waals surface area contributed by atoms with Crippen LogP contribution in [0.1, 0.15) is 11.1 Å². The summed E-state index contributed by atoms with van der Waals surface area (Å²) >= 11 is 5.79. The summed E-state index contributed by atoms with van der Waals surface area (Å²) in [5.74, 6) is 0.907. The smallest absolute Gasteiger partial charge is 0.344 e. The van der Waals surface area contributed by atoms with Crippen LogP contribution in [0.4, 0.5) is 0 Å². The lowest BCUT2D eigenvalue weighted by Crippen LogP contribution is -2.39. The molecule has 0 N–H and O–H groups in total. The lowest BCUT2D eigenvalue weighted by Gasteiger charge is -2.29. The van der Waals surface area contributed by atoms with E-state index in [2.05, 4.69) is 0 Å². The zero-order valence-electron chi connectivity index (χ0n) is 16.3. The second kappa shape index (κ2) is 9.52. The molecule has 154 valence electrons. The van der Waals surface area contributed by atoms with Gasteiger partial charge in [0.2, 0.25) is 0 Å². The Morgan fingerprint density at radius 1 is 1.00 bits per heavy atom. The highest BCUT2D eigenvalue weighted by atomic mass is 35.5. The van der Waals surface area contributed by atoms with E-state index in [9.17, 15) is 9.59 Å². The van der Waals surface area contributed by atoms with Gasteiger partial charge in [-0.15, -0.1) is 0 Å². The van der Waals surface area contributed by atoms with Crippen molar-refractivity contribution in [3.8, 4) is 17.2 Å². The average molecular weight is 420 g/mol. The molecule has 8 heteroatoms. The maximum atomic E-state index is 12.4. The third kappa shape index (κ3) is 5.32. The van der Waals surface area contributed by atoms with Gasteiger partial charge in [-0.05, 0) is 53.9 Å². The monoisotopic (exact) mass is 419 g/mol. The SMILES string of the molecule is COc1cc2c(cc1OC)CN(C(=O)COC(=O)COc1ccc(Cl)cc1)CC2. The Morgan fingerprint density at radius 2 is 1.66 bits per heavy atom. The first-order valence-corrected chi connectivity index (χ1v) is 9.43. The molecular weight excluding hydrogens is 398 g/mol. The number of methoxy groups -OCH3 is 2. The average Bonchev–Trinajstić information content (AvgIpc) is 2.75. The largest absolute Gasteiger partial charge is 0.493 e. The first kappa shape index (κ1) is 20.8. The summed E-state index contributed by atoms with van der Waals surface area (Å²) in [6.45, 7) is 0.355. The Morgan fingerprint density at radius 3 is 2.31 bits per heavy atom. The molecule has 0 aliphatic carbocycles. The summed E-state index contributed by atoms with van der Waals surface area (Å²) in [4.78, 5) is 25.9. The number of carbonyl (C=O) groups excluding carboxylic acids is 2. The van der Waals surface area contributed by atoms with Gasteiger partial charge in [-0.25, -0.2) is 4.79 Å². The van der Waals surface area contributed by atoms with Crippen LogP contribution in [0.5, 0.6) is 17.2 Å². The van der Waals surface area contributed by atoms with E-state index in [-0.39, 0.29) is 19.1 Å². The van der Waals surface area contributed by atoms with Crippen molar-refractivity contribution in [3.63, 3.8) is 0 Å².